The molecule has 0 bridgehead atoms. The summed E-state index contributed by atoms with van der Waals surface area (Å²) in [5, 5.41) is 1.70. The SMILES string of the molecule is CN(C)CCN(Cc1ccc(F)c(F)c1)C(=O)c1nccc2ccccc12. The molecule has 0 unspecified atom stereocenters. The molecule has 3 rings (SSSR count). The molecule has 140 valence electrons. The van der Waals surface area contributed by atoms with Gasteiger partial charge in [0.1, 0.15) is 5.69 Å². The largest absolute Gasteiger partial charge is 0.332 e. The third-order valence-corrected chi connectivity index (χ3v) is 4.34. The second-order valence-corrected chi connectivity index (χ2v) is 6.66. The van der Waals surface area contributed by atoms with Crippen molar-refractivity contribution in [2.75, 3.05) is 27.2 Å². The van der Waals surface area contributed by atoms with E-state index in [1.54, 1.807) is 11.1 Å². The highest BCUT2D eigenvalue weighted by molar-refractivity contribution is 6.05. The molecule has 0 atom stereocenters. The zero-order valence-electron chi connectivity index (χ0n) is 15.3. The number of carbonyl (C=O) groups is 1. The smallest absolute Gasteiger partial charge is 0.273 e. The predicted octanol–water partition coefficient (Wildman–Crippen LogP) is 3.72. The van der Waals surface area contributed by atoms with E-state index in [1.165, 1.54) is 6.07 Å². The van der Waals surface area contributed by atoms with Crippen LogP contribution in [0.2, 0.25) is 0 Å². The van der Waals surface area contributed by atoms with Gasteiger partial charge >= 0.3 is 0 Å². The molecule has 2 aromatic carbocycles. The van der Waals surface area contributed by atoms with Crippen LogP contribution < -0.4 is 0 Å². The molecule has 0 saturated heterocycles. The molecule has 3 aromatic rings. The van der Waals surface area contributed by atoms with Crippen molar-refractivity contribution < 1.29 is 13.6 Å². The number of benzene rings is 2. The maximum absolute atomic E-state index is 13.6. The van der Waals surface area contributed by atoms with Gasteiger partial charge in [-0.1, -0.05) is 30.3 Å². The number of fused-ring (bicyclic) bond motifs is 1. The molecule has 4 nitrogen and oxygen atoms in total. The van der Waals surface area contributed by atoms with Gasteiger partial charge < -0.3 is 9.80 Å². The molecule has 1 amide bonds. The summed E-state index contributed by atoms with van der Waals surface area (Å²) in [4.78, 5) is 21.1. The molecule has 0 fully saturated rings. The first kappa shape index (κ1) is 18.9. The van der Waals surface area contributed by atoms with Crippen molar-refractivity contribution >= 4 is 16.7 Å². The van der Waals surface area contributed by atoms with E-state index in [2.05, 4.69) is 4.98 Å². The van der Waals surface area contributed by atoms with Gasteiger partial charge in [0.2, 0.25) is 0 Å². The van der Waals surface area contributed by atoms with Gasteiger partial charge in [0, 0.05) is 31.2 Å². The van der Waals surface area contributed by atoms with E-state index in [-0.39, 0.29) is 12.5 Å². The molecule has 0 spiro atoms. The number of likely N-dealkylation sites (N-methyl/N-ethyl adjacent to an activating group) is 1. The molecule has 1 heterocycles. The molecule has 0 aliphatic carbocycles. The van der Waals surface area contributed by atoms with E-state index in [4.69, 9.17) is 0 Å². The fourth-order valence-electron chi connectivity index (χ4n) is 2.87. The van der Waals surface area contributed by atoms with Gasteiger partial charge in [-0.05, 0) is 43.2 Å². The van der Waals surface area contributed by atoms with Crippen LogP contribution in [-0.4, -0.2) is 47.9 Å². The topological polar surface area (TPSA) is 36.4 Å². The van der Waals surface area contributed by atoms with Crippen molar-refractivity contribution in [2.45, 2.75) is 6.54 Å². The summed E-state index contributed by atoms with van der Waals surface area (Å²) in [5.41, 5.74) is 0.885. The second kappa shape index (κ2) is 8.22. The van der Waals surface area contributed by atoms with Crippen molar-refractivity contribution in [2.24, 2.45) is 0 Å². The van der Waals surface area contributed by atoms with Gasteiger partial charge in [-0.2, -0.15) is 0 Å². The number of halogens is 2. The van der Waals surface area contributed by atoms with Gasteiger partial charge in [-0.3, -0.25) is 9.78 Å². The van der Waals surface area contributed by atoms with Crippen molar-refractivity contribution in [1.82, 2.24) is 14.8 Å². The number of pyridine rings is 1. The third-order valence-electron chi connectivity index (χ3n) is 4.34. The van der Waals surface area contributed by atoms with Gasteiger partial charge in [0.05, 0.1) is 0 Å². The Hall–Kier alpha value is -2.86. The Morgan fingerprint density at radius 1 is 1.00 bits per heavy atom. The maximum atomic E-state index is 13.6. The molecular formula is C21H21F2N3O. The zero-order chi connectivity index (χ0) is 19.4. The van der Waals surface area contributed by atoms with Crippen LogP contribution in [0.3, 0.4) is 0 Å². The van der Waals surface area contributed by atoms with Gasteiger partial charge in [-0.15, -0.1) is 0 Å². The van der Waals surface area contributed by atoms with Crippen LogP contribution in [0.25, 0.3) is 10.8 Å². The normalized spacial score (nSPS) is 11.1. The van der Waals surface area contributed by atoms with Gasteiger partial charge in [0.25, 0.3) is 5.91 Å². The molecule has 27 heavy (non-hydrogen) atoms. The quantitative estimate of drug-likeness (QED) is 0.665. The lowest BCUT2D eigenvalue weighted by Crippen LogP contribution is -2.36. The lowest BCUT2D eigenvalue weighted by atomic mass is 10.1. The molecule has 0 N–H and O–H groups in total. The standard InChI is InChI=1S/C21H21F2N3O/c1-25(2)11-12-26(14-15-7-8-18(22)19(23)13-15)21(27)20-17-6-4-3-5-16(17)9-10-24-20/h3-10,13H,11-12,14H2,1-2H3. The minimum atomic E-state index is -0.921. The highest BCUT2D eigenvalue weighted by atomic mass is 19.2. The van der Waals surface area contributed by atoms with E-state index < -0.39 is 11.6 Å². The van der Waals surface area contributed by atoms with Crippen LogP contribution in [0, 0.1) is 11.6 Å². The maximum Gasteiger partial charge on any atom is 0.273 e. The first-order valence-corrected chi connectivity index (χ1v) is 8.67. The average Bonchev–Trinajstić information content (AvgIpc) is 2.66. The zero-order valence-corrected chi connectivity index (χ0v) is 15.3. The Morgan fingerprint density at radius 3 is 2.52 bits per heavy atom. The summed E-state index contributed by atoms with van der Waals surface area (Å²) < 4.78 is 26.8. The van der Waals surface area contributed by atoms with Crippen LogP contribution in [0.4, 0.5) is 8.78 Å². The van der Waals surface area contributed by atoms with Crippen LogP contribution >= 0.6 is 0 Å². The lowest BCUT2D eigenvalue weighted by Gasteiger charge is -2.25. The number of hydrogen-bond acceptors (Lipinski definition) is 3. The van der Waals surface area contributed by atoms with Crippen molar-refractivity contribution in [3.63, 3.8) is 0 Å². The highest BCUT2D eigenvalue weighted by Gasteiger charge is 2.20. The Labute approximate surface area is 157 Å². The highest BCUT2D eigenvalue weighted by Crippen LogP contribution is 2.19. The fraction of sp³-hybridized carbons (Fsp3) is 0.238. The van der Waals surface area contributed by atoms with Crippen molar-refractivity contribution in [3.05, 3.63) is 77.6 Å². The Balaban J connectivity index is 1.93. The summed E-state index contributed by atoms with van der Waals surface area (Å²) >= 11 is 0. The van der Waals surface area contributed by atoms with Crippen LogP contribution in [0.15, 0.2) is 54.7 Å². The number of carbonyl (C=O) groups excluding carboxylic acids is 1. The number of amides is 1. The van der Waals surface area contributed by atoms with Crippen LogP contribution in [0.5, 0.6) is 0 Å². The Kier molecular flexibility index (Phi) is 5.76. The summed E-state index contributed by atoms with van der Waals surface area (Å²) in [7, 11) is 3.83. The number of nitrogens with zero attached hydrogens (tertiary/aromatic N) is 3. The van der Waals surface area contributed by atoms with E-state index in [0.717, 1.165) is 22.9 Å². The molecule has 1 aromatic heterocycles. The molecule has 0 saturated carbocycles. The average molecular weight is 369 g/mol. The van der Waals surface area contributed by atoms with Crippen LogP contribution in [0.1, 0.15) is 16.1 Å². The predicted molar refractivity (Wildman–Crippen MR) is 101 cm³/mol. The van der Waals surface area contributed by atoms with E-state index >= 15 is 0 Å². The monoisotopic (exact) mass is 369 g/mol. The minimum absolute atomic E-state index is 0.175. The van der Waals surface area contributed by atoms with E-state index in [1.807, 2.05) is 49.3 Å². The third kappa shape index (κ3) is 4.46. The lowest BCUT2D eigenvalue weighted by molar-refractivity contribution is 0.0728. The van der Waals surface area contributed by atoms with Crippen molar-refractivity contribution in [1.29, 1.82) is 0 Å². The summed E-state index contributed by atoms with van der Waals surface area (Å²) in [5.74, 6) is -2.06. The van der Waals surface area contributed by atoms with Gasteiger partial charge in [0.15, 0.2) is 11.6 Å². The Morgan fingerprint density at radius 2 is 1.78 bits per heavy atom. The molecule has 0 aliphatic heterocycles. The molecule has 6 heteroatoms. The summed E-state index contributed by atoms with van der Waals surface area (Å²) in [6.45, 7) is 1.25. The first-order chi connectivity index (χ1) is 13.0. The molecular weight excluding hydrogens is 348 g/mol. The summed E-state index contributed by atoms with van der Waals surface area (Å²) in [6, 6.07) is 13.1. The van der Waals surface area contributed by atoms with E-state index in [0.29, 0.717) is 24.3 Å². The summed E-state index contributed by atoms with van der Waals surface area (Å²) in [6.07, 6.45) is 1.61. The number of aromatic nitrogens is 1. The minimum Gasteiger partial charge on any atom is -0.332 e. The number of hydrogen-bond donors (Lipinski definition) is 0. The molecule has 0 aliphatic rings. The second-order valence-electron chi connectivity index (χ2n) is 6.66. The Bertz CT molecular complexity index is 954. The van der Waals surface area contributed by atoms with E-state index in [9.17, 15) is 13.6 Å². The van der Waals surface area contributed by atoms with Crippen molar-refractivity contribution in [3.8, 4) is 0 Å². The van der Waals surface area contributed by atoms with Gasteiger partial charge in [-0.25, -0.2) is 8.78 Å². The van der Waals surface area contributed by atoms with Crippen LogP contribution in [-0.2, 0) is 6.54 Å². The first-order valence-electron chi connectivity index (χ1n) is 8.67. The molecule has 0 radical (unpaired) electrons. The fourth-order valence-corrected chi connectivity index (χ4v) is 2.87. The number of rotatable bonds is 6.